The smallest absolute Gasteiger partial charge is 0.271 e. The van der Waals surface area contributed by atoms with Crippen LogP contribution in [0.15, 0.2) is 36.0 Å². The van der Waals surface area contributed by atoms with Crippen molar-refractivity contribution in [3.63, 3.8) is 0 Å². The summed E-state index contributed by atoms with van der Waals surface area (Å²) in [4.78, 5) is 23.0. The molecule has 34 heavy (non-hydrogen) atoms. The quantitative estimate of drug-likeness (QED) is 0.210. The summed E-state index contributed by atoms with van der Waals surface area (Å²) in [5.74, 6) is 3.38. The Kier molecular flexibility index (Phi) is 6.41. The predicted molar refractivity (Wildman–Crippen MR) is 132 cm³/mol. The van der Waals surface area contributed by atoms with Gasteiger partial charge in [-0.1, -0.05) is 29.4 Å². The first-order chi connectivity index (χ1) is 16.3. The number of nitrogens with zero attached hydrogens (tertiary/aromatic N) is 4. The number of non-ortho nitro benzene ring substituents is 1. The largest absolute Gasteiger partial charge is 0.324 e. The van der Waals surface area contributed by atoms with Gasteiger partial charge in [0.1, 0.15) is 5.82 Å². The number of nitro benzene ring substituents is 1. The molecule has 0 unspecified atom stereocenters. The van der Waals surface area contributed by atoms with Gasteiger partial charge in [0, 0.05) is 25.1 Å². The molecule has 0 atom stereocenters. The van der Waals surface area contributed by atoms with Crippen molar-refractivity contribution in [3.8, 4) is 0 Å². The summed E-state index contributed by atoms with van der Waals surface area (Å²) in [5.41, 5.74) is 0.433. The number of rotatable bonds is 9. The lowest BCUT2D eigenvalue weighted by atomic mass is 9.49. The van der Waals surface area contributed by atoms with E-state index in [1.165, 1.54) is 68.5 Å². The number of thioether (sulfide) groups is 1. The van der Waals surface area contributed by atoms with Crippen molar-refractivity contribution in [1.29, 1.82) is 0 Å². The first-order valence-corrected chi connectivity index (χ1v) is 13.1. The highest BCUT2D eigenvalue weighted by Crippen LogP contribution is 2.61. The Hall–Kier alpha value is -2.39. The Labute approximate surface area is 207 Å². The fourth-order valence-corrected chi connectivity index (χ4v) is 7.68. The van der Waals surface area contributed by atoms with Gasteiger partial charge < -0.3 is 9.88 Å². The predicted octanol–water partition coefficient (Wildman–Crippen LogP) is 5.52. The minimum atomic E-state index is -0.524. The first-order valence-electron chi connectivity index (χ1n) is 11.7. The minimum Gasteiger partial charge on any atom is -0.324 e. The Morgan fingerprint density at radius 1 is 1.26 bits per heavy atom. The zero-order chi connectivity index (χ0) is 23.9. The van der Waals surface area contributed by atoms with E-state index >= 15 is 0 Å². The molecule has 4 fully saturated rings. The summed E-state index contributed by atoms with van der Waals surface area (Å²) in [6.07, 6.45) is 10.9. The Morgan fingerprint density at radius 2 is 1.94 bits per heavy atom. The van der Waals surface area contributed by atoms with E-state index in [0.29, 0.717) is 17.1 Å². The molecule has 4 aliphatic rings. The van der Waals surface area contributed by atoms with Crippen LogP contribution in [0.2, 0.25) is 5.02 Å². The van der Waals surface area contributed by atoms with Gasteiger partial charge in [-0.3, -0.25) is 14.9 Å². The lowest BCUT2D eigenvalue weighted by Gasteiger charge is -2.56. The van der Waals surface area contributed by atoms with Crippen molar-refractivity contribution in [2.24, 2.45) is 23.2 Å². The second-order valence-corrected chi connectivity index (χ2v) is 11.5. The molecule has 0 spiro atoms. The SMILES string of the molecule is C=CCn1c(CC23CC4CC(CC(C4)C2)C3)nnc1SCC(=O)Nc1cc([N+](=O)[O-])ccc1Cl. The minimum absolute atomic E-state index is 0.0890. The third-order valence-corrected chi connectivity index (χ3v) is 8.87. The molecule has 1 aromatic carbocycles. The molecule has 2 aromatic rings. The van der Waals surface area contributed by atoms with Gasteiger partial charge in [-0.2, -0.15) is 0 Å². The fraction of sp³-hybridized carbons (Fsp3) is 0.542. The van der Waals surface area contributed by atoms with E-state index < -0.39 is 4.92 Å². The maximum Gasteiger partial charge on any atom is 0.271 e. The number of anilines is 1. The van der Waals surface area contributed by atoms with Crippen LogP contribution in [0.3, 0.4) is 0 Å². The van der Waals surface area contributed by atoms with Gasteiger partial charge in [0.05, 0.1) is 21.4 Å². The number of hydrogen-bond acceptors (Lipinski definition) is 6. The number of hydrogen-bond donors (Lipinski definition) is 1. The van der Waals surface area contributed by atoms with E-state index in [0.717, 1.165) is 30.0 Å². The lowest BCUT2D eigenvalue weighted by Crippen LogP contribution is -2.47. The summed E-state index contributed by atoms with van der Waals surface area (Å²) in [7, 11) is 0. The van der Waals surface area contributed by atoms with Crippen molar-refractivity contribution in [3.05, 3.63) is 51.8 Å². The average Bonchev–Trinajstić information content (AvgIpc) is 3.13. The van der Waals surface area contributed by atoms with Gasteiger partial charge in [0.2, 0.25) is 5.91 Å². The monoisotopic (exact) mass is 501 g/mol. The van der Waals surface area contributed by atoms with E-state index in [9.17, 15) is 14.9 Å². The molecule has 180 valence electrons. The molecule has 1 heterocycles. The van der Waals surface area contributed by atoms with Crippen LogP contribution in [0.4, 0.5) is 11.4 Å². The van der Waals surface area contributed by atoms with Gasteiger partial charge >= 0.3 is 0 Å². The van der Waals surface area contributed by atoms with Crippen LogP contribution < -0.4 is 5.32 Å². The molecule has 8 nitrogen and oxygen atoms in total. The number of nitrogens with one attached hydrogen (secondary N) is 1. The van der Waals surface area contributed by atoms with Crippen LogP contribution in [0.5, 0.6) is 0 Å². The summed E-state index contributed by atoms with van der Waals surface area (Å²) in [6, 6.07) is 3.96. The topological polar surface area (TPSA) is 103 Å². The number of benzene rings is 1. The number of allylic oxidation sites excluding steroid dienone is 1. The number of amides is 1. The van der Waals surface area contributed by atoms with E-state index in [4.69, 9.17) is 11.6 Å². The van der Waals surface area contributed by atoms with Crippen LogP contribution in [0.1, 0.15) is 44.3 Å². The number of carbonyl (C=O) groups is 1. The molecule has 10 heteroatoms. The molecule has 4 aliphatic carbocycles. The average molecular weight is 502 g/mol. The second-order valence-electron chi connectivity index (χ2n) is 10.2. The van der Waals surface area contributed by atoms with Crippen molar-refractivity contribution >= 4 is 40.6 Å². The van der Waals surface area contributed by atoms with Crippen molar-refractivity contribution in [2.45, 2.75) is 56.6 Å². The normalized spacial score (nSPS) is 27.0. The fourth-order valence-electron chi connectivity index (χ4n) is 6.75. The maximum absolute atomic E-state index is 12.6. The van der Waals surface area contributed by atoms with E-state index in [1.54, 1.807) is 0 Å². The third-order valence-electron chi connectivity index (χ3n) is 7.57. The lowest BCUT2D eigenvalue weighted by molar-refractivity contribution is -0.384. The molecular weight excluding hydrogens is 474 g/mol. The van der Waals surface area contributed by atoms with Crippen molar-refractivity contribution in [1.82, 2.24) is 14.8 Å². The Morgan fingerprint density at radius 3 is 2.56 bits per heavy atom. The highest BCUT2D eigenvalue weighted by molar-refractivity contribution is 7.99. The number of halogens is 1. The number of carbonyl (C=O) groups excluding carboxylic acids is 1. The number of aromatic nitrogens is 3. The summed E-state index contributed by atoms with van der Waals surface area (Å²) >= 11 is 7.39. The van der Waals surface area contributed by atoms with E-state index in [1.807, 2.05) is 6.08 Å². The molecule has 4 bridgehead atoms. The highest BCUT2D eigenvalue weighted by atomic mass is 35.5. The molecule has 6 rings (SSSR count). The first kappa shape index (κ1) is 23.4. The highest BCUT2D eigenvalue weighted by Gasteiger charge is 2.51. The molecule has 0 saturated heterocycles. The van der Waals surface area contributed by atoms with Crippen LogP contribution in [-0.4, -0.2) is 31.3 Å². The molecule has 0 radical (unpaired) electrons. The molecular formula is C24H28ClN5O3S. The van der Waals surface area contributed by atoms with Gasteiger partial charge in [0.15, 0.2) is 5.16 Å². The maximum atomic E-state index is 12.6. The summed E-state index contributed by atoms with van der Waals surface area (Å²) in [6.45, 7) is 4.49. The van der Waals surface area contributed by atoms with Crippen molar-refractivity contribution in [2.75, 3.05) is 11.1 Å². The van der Waals surface area contributed by atoms with E-state index in [-0.39, 0.29) is 28.1 Å². The van der Waals surface area contributed by atoms with E-state index in [2.05, 4.69) is 26.7 Å². The molecule has 4 saturated carbocycles. The zero-order valence-electron chi connectivity index (χ0n) is 18.9. The van der Waals surface area contributed by atoms with Gasteiger partial charge in [-0.15, -0.1) is 16.8 Å². The second kappa shape index (κ2) is 9.34. The molecule has 0 aliphatic heterocycles. The third kappa shape index (κ3) is 4.73. The van der Waals surface area contributed by atoms with Crippen LogP contribution in [0.25, 0.3) is 0 Å². The Bertz CT molecular complexity index is 1100. The van der Waals surface area contributed by atoms with Gasteiger partial charge in [0.25, 0.3) is 5.69 Å². The van der Waals surface area contributed by atoms with Crippen LogP contribution in [0, 0.1) is 33.3 Å². The van der Waals surface area contributed by atoms with Crippen LogP contribution in [-0.2, 0) is 17.8 Å². The summed E-state index contributed by atoms with van der Waals surface area (Å²) in [5, 5.41) is 23.5. The van der Waals surface area contributed by atoms with Crippen molar-refractivity contribution < 1.29 is 9.72 Å². The zero-order valence-corrected chi connectivity index (χ0v) is 20.5. The Balaban J connectivity index is 1.26. The number of nitro groups is 1. The molecule has 1 aromatic heterocycles. The van der Waals surface area contributed by atoms with Crippen LogP contribution >= 0.6 is 23.4 Å². The van der Waals surface area contributed by atoms with Gasteiger partial charge in [-0.05, 0) is 67.8 Å². The molecule has 1 amide bonds. The molecule has 1 N–H and O–H groups in total. The summed E-state index contributed by atoms with van der Waals surface area (Å²) < 4.78 is 2.07. The standard InChI is InChI=1S/C24H28ClN5O3S/c1-2-5-29-21(13-24-10-15-6-16(11-24)8-17(7-15)12-24)27-28-23(29)34-14-22(31)26-20-9-18(30(32)33)3-4-19(20)25/h2-4,9,15-17H,1,5-8,10-14H2,(H,26,31). The van der Waals surface area contributed by atoms with Gasteiger partial charge in [-0.25, -0.2) is 0 Å².